The summed E-state index contributed by atoms with van der Waals surface area (Å²) in [6.07, 6.45) is 3.77. The normalized spacial score (nSPS) is 12.2. The van der Waals surface area contributed by atoms with Gasteiger partial charge in [0.05, 0.1) is 42.9 Å². The molecule has 0 atom stereocenters. The molecule has 0 aliphatic carbocycles. The van der Waals surface area contributed by atoms with E-state index in [-0.39, 0.29) is 29.1 Å². The predicted octanol–water partition coefficient (Wildman–Crippen LogP) is 5.74. The first-order chi connectivity index (χ1) is 19.4. The summed E-state index contributed by atoms with van der Waals surface area (Å²) in [6, 6.07) is 5.61. The number of halogens is 3. The maximum absolute atomic E-state index is 13.8. The molecule has 0 fully saturated rings. The Kier molecular flexibility index (Phi) is 8.96. The molecule has 11 heteroatoms. The van der Waals surface area contributed by atoms with Gasteiger partial charge in [0.1, 0.15) is 0 Å². The van der Waals surface area contributed by atoms with E-state index in [4.69, 9.17) is 4.74 Å². The zero-order valence-corrected chi connectivity index (χ0v) is 23.8. The number of aryl methyl sites for hydroxylation is 1. The van der Waals surface area contributed by atoms with Crippen LogP contribution in [0.15, 0.2) is 55.6 Å². The van der Waals surface area contributed by atoms with Gasteiger partial charge in [-0.1, -0.05) is 45.9 Å². The van der Waals surface area contributed by atoms with Crippen LogP contribution in [-0.2, 0) is 30.3 Å². The molecule has 8 nitrogen and oxygen atoms in total. The minimum absolute atomic E-state index is 0.0625. The van der Waals surface area contributed by atoms with E-state index in [2.05, 4.69) is 47.7 Å². The monoisotopic (exact) mass is 568 g/mol. The van der Waals surface area contributed by atoms with Gasteiger partial charge in [-0.3, -0.25) is 18.9 Å². The van der Waals surface area contributed by atoms with Gasteiger partial charge in [-0.25, -0.2) is 4.98 Å². The SMILES string of the molecule is C=CCn1cc(-c2cnc3c(Cc4ccc(C(=O)NCCOCC(C)(C)C)c(CC)c4)nccn23)c(C(F)(F)F)n1. The molecule has 218 valence electrons. The number of hydrogen-bond donors (Lipinski definition) is 1. The van der Waals surface area contributed by atoms with Gasteiger partial charge in [0, 0.05) is 37.1 Å². The average Bonchev–Trinajstić information content (AvgIpc) is 3.53. The summed E-state index contributed by atoms with van der Waals surface area (Å²) < 4.78 is 49.8. The number of nitrogens with zero attached hydrogens (tertiary/aromatic N) is 5. The van der Waals surface area contributed by atoms with Gasteiger partial charge >= 0.3 is 6.18 Å². The summed E-state index contributed by atoms with van der Waals surface area (Å²) in [5, 5.41) is 6.64. The molecule has 1 aromatic carbocycles. The Morgan fingerprint density at radius 2 is 1.98 bits per heavy atom. The van der Waals surface area contributed by atoms with Gasteiger partial charge in [0.15, 0.2) is 11.3 Å². The van der Waals surface area contributed by atoms with Crippen molar-refractivity contribution in [3.63, 3.8) is 0 Å². The fourth-order valence-corrected chi connectivity index (χ4v) is 4.52. The number of carbonyl (C=O) groups excluding carboxylic acids is 1. The Morgan fingerprint density at radius 3 is 2.66 bits per heavy atom. The molecule has 0 aliphatic heterocycles. The summed E-state index contributed by atoms with van der Waals surface area (Å²) in [5.41, 5.74) is 2.70. The van der Waals surface area contributed by atoms with Crippen LogP contribution in [0.3, 0.4) is 0 Å². The van der Waals surface area contributed by atoms with Crippen molar-refractivity contribution in [2.75, 3.05) is 19.8 Å². The number of rotatable bonds is 11. The van der Waals surface area contributed by atoms with Crippen LogP contribution < -0.4 is 5.32 Å². The molecule has 4 rings (SSSR count). The van der Waals surface area contributed by atoms with Gasteiger partial charge < -0.3 is 10.1 Å². The zero-order chi connectivity index (χ0) is 29.8. The van der Waals surface area contributed by atoms with E-state index in [0.29, 0.717) is 49.5 Å². The van der Waals surface area contributed by atoms with E-state index in [1.54, 1.807) is 22.9 Å². The van der Waals surface area contributed by atoms with E-state index in [1.807, 2.05) is 19.1 Å². The number of hydrogen-bond acceptors (Lipinski definition) is 5. The fraction of sp³-hybridized carbons (Fsp3) is 0.400. The quantitative estimate of drug-likeness (QED) is 0.184. The van der Waals surface area contributed by atoms with Crippen molar-refractivity contribution >= 4 is 11.6 Å². The molecule has 0 radical (unpaired) electrons. The number of carbonyl (C=O) groups is 1. The predicted molar refractivity (Wildman–Crippen MR) is 151 cm³/mol. The molecule has 0 aliphatic rings. The van der Waals surface area contributed by atoms with Crippen molar-refractivity contribution in [2.24, 2.45) is 5.41 Å². The van der Waals surface area contributed by atoms with Gasteiger partial charge in [-0.15, -0.1) is 6.58 Å². The number of imidazole rings is 1. The minimum Gasteiger partial charge on any atom is -0.379 e. The number of amides is 1. The second-order valence-corrected chi connectivity index (χ2v) is 11.0. The van der Waals surface area contributed by atoms with E-state index >= 15 is 0 Å². The number of ether oxygens (including phenoxy) is 1. The zero-order valence-electron chi connectivity index (χ0n) is 23.8. The third-order valence-corrected chi connectivity index (χ3v) is 6.36. The van der Waals surface area contributed by atoms with E-state index in [1.165, 1.54) is 23.2 Å². The van der Waals surface area contributed by atoms with E-state index in [9.17, 15) is 18.0 Å². The van der Waals surface area contributed by atoms with Crippen molar-refractivity contribution in [1.82, 2.24) is 29.5 Å². The molecule has 1 amide bonds. The maximum Gasteiger partial charge on any atom is 0.435 e. The average molecular weight is 569 g/mol. The fourth-order valence-electron chi connectivity index (χ4n) is 4.52. The van der Waals surface area contributed by atoms with Crippen LogP contribution in [0.1, 0.15) is 60.6 Å². The van der Waals surface area contributed by atoms with Crippen LogP contribution in [0.2, 0.25) is 0 Å². The Morgan fingerprint density at radius 1 is 1.20 bits per heavy atom. The molecular formula is C30H35F3N6O2. The summed E-state index contributed by atoms with van der Waals surface area (Å²) >= 11 is 0. The summed E-state index contributed by atoms with van der Waals surface area (Å²) in [4.78, 5) is 21.7. The summed E-state index contributed by atoms with van der Waals surface area (Å²) in [6.45, 7) is 13.4. The second-order valence-electron chi connectivity index (χ2n) is 11.0. The van der Waals surface area contributed by atoms with Crippen LogP contribution in [0.25, 0.3) is 16.9 Å². The Labute approximate surface area is 237 Å². The van der Waals surface area contributed by atoms with Crippen molar-refractivity contribution in [1.29, 1.82) is 0 Å². The molecule has 0 bridgehead atoms. The Hall–Kier alpha value is -3.99. The van der Waals surface area contributed by atoms with E-state index in [0.717, 1.165) is 11.1 Å². The molecule has 41 heavy (non-hydrogen) atoms. The van der Waals surface area contributed by atoms with Gasteiger partial charge in [-0.2, -0.15) is 18.3 Å². The lowest BCUT2D eigenvalue weighted by molar-refractivity contribution is -0.141. The number of benzene rings is 1. The first-order valence-electron chi connectivity index (χ1n) is 13.5. The number of alkyl halides is 3. The molecule has 0 unspecified atom stereocenters. The molecule has 0 saturated carbocycles. The van der Waals surface area contributed by atoms with Crippen LogP contribution in [0.5, 0.6) is 0 Å². The first kappa shape index (κ1) is 30.0. The van der Waals surface area contributed by atoms with Crippen molar-refractivity contribution < 1.29 is 22.7 Å². The van der Waals surface area contributed by atoms with Crippen molar-refractivity contribution in [3.8, 4) is 11.3 Å². The number of fused-ring (bicyclic) bond motifs is 1. The van der Waals surface area contributed by atoms with Crippen LogP contribution in [-0.4, -0.2) is 49.8 Å². The molecule has 3 heterocycles. The lowest BCUT2D eigenvalue weighted by atomic mass is 9.98. The summed E-state index contributed by atoms with van der Waals surface area (Å²) in [7, 11) is 0. The standard InChI is InChI=1S/C30H35F3N6O2/c1-6-12-38-18-23(26(37-38)30(31,32)33)25-17-36-27-24(34-10-13-39(25)27)16-20-8-9-22(21(7-2)15-20)28(40)35-11-14-41-19-29(3,4)5/h6,8-10,13,15,17-18H,1,7,11-12,14,16,19H2,2-5H3,(H,35,40). The van der Waals surface area contributed by atoms with Crippen molar-refractivity contribution in [3.05, 3.63) is 83.7 Å². The molecule has 3 aromatic heterocycles. The van der Waals surface area contributed by atoms with Crippen LogP contribution in [0, 0.1) is 5.41 Å². The lowest BCUT2D eigenvalue weighted by Crippen LogP contribution is -2.29. The van der Waals surface area contributed by atoms with Crippen LogP contribution in [0.4, 0.5) is 13.2 Å². The topological polar surface area (TPSA) is 86.3 Å². The molecular weight excluding hydrogens is 533 g/mol. The molecule has 1 N–H and O–H groups in total. The number of aromatic nitrogens is 5. The largest absolute Gasteiger partial charge is 0.435 e. The molecule has 4 aromatic rings. The molecule has 0 spiro atoms. The minimum atomic E-state index is -4.63. The first-order valence-corrected chi connectivity index (χ1v) is 13.5. The summed E-state index contributed by atoms with van der Waals surface area (Å²) in [5.74, 6) is -0.164. The van der Waals surface area contributed by atoms with Gasteiger partial charge in [0.2, 0.25) is 0 Å². The smallest absolute Gasteiger partial charge is 0.379 e. The van der Waals surface area contributed by atoms with E-state index < -0.39 is 11.9 Å². The Balaban J connectivity index is 1.55. The number of allylic oxidation sites excluding steroid dienone is 1. The highest BCUT2D eigenvalue weighted by Gasteiger charge is 2.38. The second kappa shape index (κ2) is 12.3. The van der Waals surface area contributed by atoms with Gasteiger partial charge in [0.25, 0.3) is 5.91 Å². The number of nitrogens with one attached hydrogen (secondary N) is 1. The lowest BCUT2D eigenvalue weighted by Gasteiger charge is -2.18. The van der Waals surface area contributed by atoms with Crippen molar-refractivity contribution in [2.45, 2.75) is 53.3 Å². The highest BCUT2D eigenvalue weighted by atomic mass is 19.4. The van der Waals surface area contributed by atoms with Crippen LogP contribution >= 0.6 is 0 Å². The third-order valence-electron chi connectivity index (χ3n) is 6.36. The molecule has 0 saturated heterocycles. The van der Waals surface area contributed by atoms with Gasteiger partial charge in [-0.05, 0) is 29.0 Å². The third kappa shape index (κ3) is 7.21. The Bertz CT molecular complexity index is 1530. The highest BCUT2D eigenvalue weighted by Crippen LogP contribution is 2.36. The maximum atomic E-state index is 13.8. The highest BCUT2D eigenvalue weighted by molar-refractivity contribution is 5.95.